The first kappa shape index (κ1) is 16.7. The van der Waals surface area contributed by atoms with Crippen molar-refractivity contribution >= 4 is 5.97 Å². The minimum Gasteiger partial charge on any atom is -0.482 e. The molecule has 0 saturated carbocycles. The van der Waals surface area contributed by atoms with Gasteiger partial charge in [0.05, 0.1) is 0 Å². The molecule has 0 aromatic heterocycles. The second-order valence-corrected chi connectivity index (χ2v) is 4.47. The molecule has 3 nitrogen and oxygen atoms in total. The van der Waals surface area contributed by atoms with E-state index < -0.39 is 47.4 Å². The molecule has 0 heterocycles. The second kappa shape index (κ2) is 6.64. The number of aryl methyl sites for hydroxylation is 1. The third-order valence-electron chi connectivity index (χ3n) is 2.76. The summed E-state index contributed by atoms with van der Waals surface area (Å²) >= 11 is 0. The van der Waals surface area contributed by atoms with Crippen molar-refractivity contribution in [3.05, 3.63) is 58.9 Å². The molecular formula is C15H9F5O3. The molecule has 2 aromatic rings. The summed E-state index contributed by atoms with van der Waals surface area (Å²) in [5.41, 5.74) is 0.932. The fourth-order valence-corrected chi connectivity index (χ4v) is 1.59. The number of benzene rings is 2. The minimum atomic E-state index is -2.34. The molecule has 0 radical (unpaired) electrons. The average molecular weight is 332 g/mol. The van der Waals surface area contributed by atoms with Crippen molar-refractivity contribution in [3.63, 3.8) is 0 Å². The molecule has 0 unspecified atom stereocenters. The SMILES string of the molecule is Cc1ccc(OCC(=O)Oc2c(F)c(F)c(F)c(F)c2F)cc1. The third-order valence-corrected chi connectivity index (χ3v) is 2.76. The molecule has 0 aliphatic carbocycles. The van der Waals surface area contributed by atoms with E-state index in [1.165, 1.54) is 12.1 Å². The Morgan fingerprint density at radius 1 is 0.870 bits per heavy atom. The molecule has 122 valence electrons. The van der Waals surface area contributed by atoms with E-state index in [9.17, 15) is 26.7 Å². The quantitative estimate of drug-likeness (QED) is 0.282. The maximum Gasteiger partial charge on any atom is 0.349 e. The van der Waals surface area contributed by atoms with Gasteiger partial charge in [-0.3, -0.25) is 0 Å². The van der Waals surface area contributed by atoms with Gasteiger partial charge < -0.3 is 9.47 Å². The monoisotopic (exact) mass is 332 g/mol. The fourth-order valence-electron chi connectivity index (χ4n) is 1.59. The largest absolute Gasteiger partial charge is 0.482 e. The van der Waals surface area contributed by atoms with Crippen LogP contribution in [0.5, 0.6) is 11.5 Å². The van der Waals surface area contributed by atoms with Crippen LogP contribution >= 0.6 is 0 Å². The number of ether oxygens (including phenoxy) is 2. The molecule has 8 heteroatoms. The number of hydrogen-bond acceptors (Lipinski definition) is 3. The van der Waals surface area contributed by atoms with Crippen LogP contribution in [0, 0.1) is 36.0 Å². The molecule has 23 heavy (non-hydrogen) atoms. The Bertz CT molecular complexity index is 715. The second-order valence-electron chi connectivity index (χ2n) is 4.47. The molecule has 0 aliphatic rings. The maximum absolute atomic E-state index is 13.3. The number of carbonyl (C=O) groups is 1. The van der Waals surface area contributed by atoms with Gasteiger partial charge in [0.15, 0.2) is 6.61 Å². The number of rotatable bonds is 4. The third kappa shape index (κ3) is 3.58. The Labute approximate surface area is 127 Å². The highest BCUT2D eigenvalue weighted by atomic mass is 19.2. The summed E-state index contributed by atoms with van der Waals surface area (Å²) in [6.45, 7) is 1.05. The molecule has 0 aliphatic heterocycles. The van der Waals surface area contributed by atoms with Gasteiger partial charge in [-0.05, 0) is 19.1 Å². The van der Waals surface area contributed by atoms with Gasteiger partial charge in [-0.25, -0.2) is 18.0 Å². The Hall–Kier alpha value is -2.64. The molecule has 0 spiro atoms. The van der Waals surface area contributed by atoms with Crippen LogP contribution in [0.15, 0.2) is 24.3 Å². The van der Waals surface area contributed by atoms with Gasteiger partial charge in [-0.2, -0.15) is 8.78 Å². The summed E-state index contributed by atoms with van der Waals surface area (Å²) in [4.78, 5) is 11.4. The normalized spacial score (nSPS) is 10.5. The van der Waals surface area contributed by atoms with Crippen molar-refractivity contribution in [1.29, 1.82) is 0 Å². The first-order valence-electron chi connectivity index (χ1n) is 6.23. The predicted octanol–water partition coefficient (Wildman–Crippen LogP) is 3.67. The van der Waals surface area contributed by atoms with Crippen LogP contribution in [0.25, 0.3) is 0 Å². The van der Waals surface area contributed by atoms with Crippen LogP contribution < -0.4 is 9.47 Å². The van der Waals surface area contributed by atoms with Gasteiger partial charge in [-0.1, -0.05) is 17.7 Å². The number of esters is 1. The van der Waals surface area contributed by atoms with Crippen LogP contribution in [0.4, 0.5) is 22.0 Å². The van der Waals surface area contributed by atoms with Gasteiger partial charge in [0.25, 0.3) is 0 Å². The zero-order chi connectivity index (χ0) is 17.1. The highest BCUT2D eigenvalue weighted by Gasteiger charge is 2.28. The van der Waals surface area contributed by atoms with Gasteiger partial charge in [0, 0.05) is 0 Å². The summed E-state index contributed by atoms with van der Waals surface area (Å²) in [6.07, 6.45) is 0. The van der Waals surface area contributed by atoms with E-state index in [1.54, 1.807) is 12.1 Å². The predicted molar refractivity (Wildman–Crippen MR) is 68.5 cm³/mol. The molecule has 0 fully saturated rings. The van der Waals surface area contributed by atoms with E-state index in [2.05, 4.69) is 4.74 Å². The van der Waals surface area contributed by atoms with Crippen molar-refractivity contribution in [2.45, 2.75) is 6.92 Å². The lowest BCUT2D eigenvalue weighted by molar-refractivity contribution is -0.137. The summed E-state index contributed by atoms with van der Waals surface area (Å²) in [5, 5.41) is 0. The minimum absolute atomic E-state index is 0.268. The summed E-state index contributed by atoms with van der Waals surface area (Å²) in [5.74, 6) is -13.9. The van der Waals surface area contributed by atoms with Crippen molar-refractivity contribution < 1.29 is 36.2 Å². The lowest BCUT2D eigenvalue weighted by atomic mass is 10.2. The molecule has 2 aromatic carbocycles. The van der Waals surface area contributed by atoms with E-state index in [0.717, 1.165) is 5.56 Å². The molecule has 0 saturated heterocycles. The van der Waals surface area contributed by atoms with Gasteiger partial charge in [0.2, 0.25) is 34.8 Å². The topological polar surface area (TPSA) is 35.5 Å². The van der Waals surface area contributed by atoms with Crippen LogP contribution in [-0.4, -0.2) is 12.6 Å². The molecule has 0 amide bonds. The van der Waals surface area contributed by atoms with Gasteiger partial charge >= 0.3 is 5.97 Å². The van der Waals surface area contributed by atoms with Crippen LogP contribution in [0.2, 0.25) is 0 Å². The van der Waals surface area contributed by atoms with E-state index in [4.69, 9.17) is 4.74 Å². The van der Waals surface area contributed by atoms with E-state index in [0.29, 0.717) is 0 Å². The van der Waals surface area contributed by atoms with Gasteiger partial charge in [0.1, 0.15) is 5.75 Å². The number of hydrogen-bond donors (Lipinski definition) is 0. The van der Waals surface area contributed by atoms with Gasteiger partial charge in [-0.15, -0.1) is 0 Å². The zero-order valence-electron chi connectivity index (χ0n) is 11.6. The molecule has 0 atom stereocenters. The Kier molecular flexibility index (Phi) is 4.83. The summed E-state index contributed by atoms with van der Waals surface area (Å²) < 4.78 is 74.6. The average Bonchev–Trinajstić information content (AvgIpc) is 2.54. The van der Waals surface area contributed by atoms with Crippen molar-refractivity contribution in [2.24, 2.45) is 0 Å². The smallest absolute Gasteiger partial charge is 0.349 e. The Morgan fingerprint density at radius 2 is 1.35 bits per heavy atom. The first-order chi connectivity index (χ1) is 10.8. The fraction of sp³-hybridized carbons (Fsp3) is 0.133. The van der Waals surface area contributed by atoms with E-state index in [-0.39, 0.29) is 5.75 Å². The molecule has 0 bridgehead atoms. The van der Waals surface area contributed by atoms with Crippen LogP contribution in [0.3, 0.4) is 0 Å². The Balaban J connectivity index is 2.10. The van der Waals surface area contributed by atoms with Crippen LogP contribution in [-0.2, 0) is 4.79 Å². The number of carbonyl (C=O) groups excluding carboxylic acids is 1. The highest BCUT2D eigenvalue weighted by Crippen LogP contribution is 2.29. The van der Waals surface area contributed by atoms with Crippen molar-refractivity contribution in [3.8, 4) is 11.5 Å². The van der Waals surface area contributed by atoms with Crippen molar-refractivity contribution in [2.75, 3.05) is 6.61 Å². The standard InChI is InChI=1S/C15H9F5O3/c1-7-2-4-8(5-3-7)22-6-9(21)23-15-13(19)11(17)10(16)12(18)14(15)20/h2-5H,6H2,1H3. The molecule has 0 N–H and O–H groups in total. The molecular weight excluding hydrogens is 323 g/mol. The maximum atomic E-state index is 13.3. The highest BCUT2D eigenvalue weighted by molar-refractivity contribution is 5.74. The Morgan fingerprint density at radius 3 is 1.87 bits per heavy atom. The lowest BCUT2D eigenvalue weighted by Crippen LogP contribution is -2.20. The number of halogens is 5. The summed E-state index contributed by atoms with van der Waals surface area (Å²) in [6, 6.07) is 6.43. The zero-order valence-corrected chi connectivity index (χ0v) is 11.6. The lowest BCUT2D eigenvalue weighted by Gasteiger charge is -2.09. The summed E-state index contributed by atoms with van der Waals surface area (Å²) in [7, 11) is 0. The van der Waals surface area contributed by atoms with Crippen molar-refractivity contribution in [1.82, 2.24) is 0 Å². The first-order valence-corrected chi connectivity index (χ1v) is 6.23. The van der Waals surface area contributed by atoms with Crippen LogP contribution in [0.1, 0.15) is 5.56 Å². The van der Waals surface area contributed by atoms with E-state index >= 15 is 0 Å². The molecule has 2 rings (SSSR count). The van der Waals surface area contributed by atoms with E-state index in [1.807, 2.05) is 6.92 Å².